The molecule has 1 atom stereocenters. The number of nitrogens with two attached hydrogens (primary N) is 1. The highest BCUT2D eigenvalue weighted by Gasteiger charge is 2.36. The fraction of sp³-hybridized carbons (Fsp3) is 0.412. The van der Waals surface area contributed by atoms with Gasteiger partial charge in [0, 0.05) is 16.5 Å². The third-order valence-electron chi connectivity index (χ3n) is 4.71. The number of imidazole rings is 1. The molecule has 0 bridgehead atoms. The molecule has 1 aliphatic carbocycles. The van der Waals surface area contributed by atoms with Crippen molar-refractivity contribution < 1.29 is 4.39 Å². The summed E-state index contributed by atoms with van der Waals surface area (Å²) in [6, 6.07) is 4.94. The van der Waals surface area contributed by atoms with E-state index >= 15 is 0 Å². The van der Waals surface area contributed by atoms with Crippen molar-refractivity contribution in [2.24, 2.45) is 16.6 Å². The van der Waals surface area contributed by atoms with Crippen molar-refractivity contribution in [3.63, 3.8) is 0 Å². The van der Waals surface area contributed by atoms with Crippen LogP contribution in [0.3, 0.4) is 0 Å². The van der Waals surface area contributed by atoms with E-state index < -0.39 is 5.54 Å². The second kappa shape index (κ2) is 5.16. The van der Waals surface area contributed by atoms with Crippen LogP contribution in [0, 0.1) is 11.7 Å². The second-order valence-electron chi connectivity index (χ2n) is 6.69. The number of aliphatic imine (C=N–C) groups is 1. The average Bonchev–Trinajstić information content (AvgIpc) is 3.22. The van der Waals surface area contributed by atoms with E-state index in [0.29, 0.717) is 17.9 Å². The van der Waals surface area contributed by atoms with Crippen LogP contribution in [0.5, 0.6) is 0 Å². The highest BCUT2D eigenvalue weighted by Crippen LogP contribution is 2.37. The van der Waals surface area contributed by atoms with Gasteiger partial charge in [0.15, 0.2) is 0 Å². The van der Waals surface area contributed by atoms with Gasteiger partial charge in [0.1, 0.15) is 28.7 Å². The Labute approximate surface area is 142 Å². The zero-order valence-electron chi connectivity index (χ0n) is 12.9. The Kier molecular flexibility index (Phi) is 3.34. The van der Waals surface area contributed by atoms with Gasteiger partial charge in [-0.25, -0.2) is 9.37 Å². The van der Waals surface area contributed by atoms with Crippen molar-refractivity contribution in [2.75, 3.05) is 0 Å². The van der Waals surface area contributed by atoms with Crippen molar-refractivity contribution in [3.05, 3.63) is 51.8 Å². The van der Waals surface area contributed by atoms with E-state index in [0.717, 1.165) is 28.3 Å². The molecule has 1 aliphatic heterocycles. The molecule has 4 nitrogen and oxygen atoms in total. The van der Waals surface area contributed by atoms with Crippen molar-refractivity contribution in [3.8, 4) is 0 Å². The first kappa shape index (κ1) is 14.9. The van der Waals surface area contributed by atoms with E-state index in [4.69, 9.17) is 5.73 Å². The Hall–Kier alpha value is -1.69. The number of halogens is 2. The third kappa shape index (κ3) is 2.59. The molecule has 120 valence electrons. The van der Waals surface area contributed by atoms with Gasteiger partial charge < -0.3 is 10.3 Å². The molecule has 1 aromatic carbocycles. The minimum absolute atomic E-state index is 0.264. The number of fused-ring (bicyclic) bond motifs is 1. The predicted octanol–water partition coefficient (Wildman–Crippen LogP) is 3.37. The van der Waals surface area contributed by atoms with Crippen LogP contribution in [0.15, 0.2) is 33.9 Å². The average molecular weight is 377 g/mol. The monoisotopic (exact) mass is 376 g/mol. The summed E-state index contributed by atoms with van der Waals surface area (Å²) in [5.74, 6) is 1.92. The summed E-state index contributed by atoms with van der Waals surface area (Å²) < 4.78 is 17.3. The Bertz CT molecular complexity index is 809. The van der Waals surface area contributed by atoms with Crippen molar-refractivity contribution in [1.29, 1.82) is 0 Å². The predicted molar refractivity (Wildman–Crippen MR) is 90.8 cm³/mol. The maximum Gasteiger partial charge on any atom is 0.145 e. The van der Waals surface area contributed by atoms with Crippen molar-refractivity contribution >= 4 is 21.8 Å². The van der Waals surface area contributed by atoms with Crippen molar-refractivity contribution in [1.82, 2.24) is 9.55 Å². The van der Waals surface area contributed by atoms with Gasteiger partial charge in [0.25, 0.3) is 0 Å². The maximum atomic E-state index is 14.4. The largest absolute Gasteiger partial charge is 0.382 e. The van der Waals surface area contributed by atoms with Gasteiger partial charge in [-0.05, 0) is 43.9 Å². The lowest BCUT2D eigenvalue weighted by atomic mass is 9.90. The number of benzene rings is 1. The van der Waals surface area contributed by atoms with E-state index in [-0.39, 0.29) is 5.82 Å². The quantitative estimate of drug-likeness (QED) is 0.892. The first-order valence-corrected chi connectivity index (χ1v) is 8.61. The lowest BCUT2D eigenvalue weighted by Crippen LogP contribution is -2.38. The van der Waals surface area contributed by atoms with E-state index in [1.165, 1.54) is 18.9 Å². The van der Waals surface area contributed by atoms with E-state index in [9.17, 15) is 4.39 Å². The zero-order valence-corrected chi connectivity index (χ0v) is 14.5. The molecule has 0 unspecified atom stereocenters. The molecular weight excluding hydrogens is 359 g/mol. The van der Waals surface area contributed by atoms with E-state index in [2.05, 4.69) is 30.5 Å². The van der Waals surface area contributed by atoms with Gasteiger partial charge in [0.05, 0.1) is 12.7 Å². The first-order valence-electron chi connectivity index (χ1n) is 7.82. The molecule has 2 aromatic rings. The van der Waals surface area contributed by atoms with Crippen LogP contribution in [0.4, 0.5) is 4.39 Å². The minimum Gasteiger partial charge on any atom is -0.382 e. The van der Waals surface area contributed by atoms with Crippen LogP contribution in [0.2, 0.25) is 0 Å². The molecule has 4 rings (SSSR count). The molecule has 1 fully saturated rings. The smallest absolute Gasteiger partial charge is 0.145 e. The standard InChI is InChI=1S/C17H18BrFN4/c1-17(12-7-11(18)4-5-13(12)19)9-23-14(16(20)22-17)8-21-15(23)6-10-2-3-10/h4-5,7-8,10H,2-3,6,9H2,1H3,(H2,20,22)/t17-/m0/s1. The van der Waals surface area contributed by atoms with E-state index in [1.807, 2.05) is 6.92 Å². The molecule has 0 amide bonds. The first-order chi connectivity index (χ1) is 11.0. The van der Waals surface area contributed by atoms with Gasteiger partial charge in [-0.2, -0.15) is 0 Å². The zero-order chi connectivity index (χ0) is 16.2. The summed E-state index contributed by atoms with van der Waals surface area (Å²) in [7, 11) is 0. The SMILES string of the molecule is C[C@@]1(c2cc(Br)ccc2F)Cn2c(cnc2CC2CC2)C(N)=N1. The second-order valence-corrected chi connectivity index (χ2v) is 7.60. The fourth-order valence-electron chi connectivity index (χ4n) is 3.26. The highest BCUT2D eigenvalue weighted by atomic mass is 79.9. The molecule has 1 aromatic heterocycles. The number of aromatic nitrogens is 2. The number of hydrogen-bond donors (Lipinski definition) is 1. The van der Waals surface area contributed by atoms with Gasteiger partial charge >= 0.3 is 0 Å². The maximum absolute atomic E-state index is 14.4. The van der Waals surface area contributed by atoms with E-state index in [1.54, 1.807) is 18.3 Å². The van der Waals surface area contributed by atoms with Gasteiger partial charge in [-0.15, -0.1) is 0 Å². The molecule has 23 heavy (non-hydrogen) atoms. The van der Waals surface area contributed by atoms with Crippen LogP contribution in [-0.4, -0.2) is 15.4 Å². The van der Waals surface area contributed by atoms with Gasteiger partial charge in [-0.3, -0.25) is 4.99 Å². The molecule has 2 N–H and O–H groups in total. The summed E-state index contributed by atoms with van der Waals surface area (Å²) in [4.78, 5) is 9.14. The van der Waals surface area contributed by atoms with Crippen LogP contribution in [-0.2, 0) is 18.5 Å². The normalized spacial score (nSPS) is 23.5. The fourth-order valence-corrected chi connectivity index (χ4v) is 3.62. The molecule has 0 spiro atoms. The highest BCUT2D eigenvalue weighted by molar-refractivity contribution is 9.10. The number of amidine groups is 1. The Balaban J connectivity index is 1.78. The summed E-state index contributed by atoms with van der Waals surface area (Å²) in [6.45, 7) is 2.48. The number of hydrogen-bond acceptors (Lipinski definition) is 3. The molecule has 6 heteroatoms. The minimum atomic E-state index is -0.732. The molecule has 1 saturated carbocycles. The Morgan fingerprint density at radius 1 is 1.43 bits per heavy atom. The molecule has 2 aliphatic rings. The summed E-state index contributed by atoms with van der Waals surface area (Å²) >= 11 is 3.42. The lowest BCUT2D eigenvalue weighted by molar-refractivity contribution is 0.376. The molecule has 0 saturated heterocycles. The topological polar surface area (TPSA) is 56.2 Å². The van der Waals surface area contributed by atoms with Gasteiger partial charge in [-0.1, -0.05) is 15.9 Å². The molecular formula is C17H18BrFN4. The van der Waals surface area contributed by atoms with Crippen LogP contribution >= 0.6 is 15.9 Å². The van der Waals surface area contributed by atoms with Gasteiger partial charge in [0.2, 0.25) is 0 Å². The Morgan fingerprint density at radius 2 is 2.22 bits per heavy atom. The Morgan fingerprint density at radius 3 is 2.96 bits per heavy atom. The summed E-state index contributed by atoms with van der Waals surface area (Å²) in [5.41, 5.74) is 6.82. The van der Waals surface area contributed by atoms with Crippen molar-refractivity contribution in [2.45, 2.75) is 38.3 Å². The lowest BCUT2D eigenvalue weighted by Gasteiger charge is -2.32. The number of nitrogens with zero attached hydrogens (tertiary/aromatic N) is 3. The van der Waals surface area contributed by atoms with Crippen LogP contribution in [0.1, 0.15) is 36.8 Å². The molecule has 0 radical (unpaired) electrons. The van der Waals surface area contributed by atoms with Crippen LogP contribution in [0.25, 0.3) is 0 Å². The van der Waals surface area contributed by atoms with Crippen LogP contribution < -0.4 is 5.73 Å². The summed E-state index contributed by atoms with van der Waals surface area (Å²) in [5, 5.41) is 0. The molecule has 2 heterocycles. The number of rotatable bonds is 3. The summed E-state index contributed by atoms with van der Waals surface area (Å²) in [6.07, 6.45) is 5.28. The third-order valence-corrected chi connectivity index (χ3v) is 5.20.